The Kier molecular flexibility index (Phi) is 6.62. The number of benzene rings is 2. The van der Waals surface area contributed by atoms with Crippen LogP contribution in [0.2, 0.25) is 0 Å². The molecule has 11 nitrogen and oxygen atoms in total. The number of rotatable bonds is 6. The molecule has 1 amide bonds. The Morgan fingerprint density at radius 2 is 1.94 bits per heavy atom. The van der Waals surface area contributed by atoms with Crippen LogP contribution in [0.25, 0.3) is 16.3 Å². The molecule has 0 spiro atoms. The molecule has 1 heterocycles. The van der Waals surface area contributed by atoms with Crippen molar-refractivity contribution >= 4 is 55.2 Å². The first-order valence-electron chi connectivity index (χ1n) is 8.83. The van der Waals surface area contributed by atoms with E-state index in [1.807, 2.05) is 0 Å². The van der Waals surface area contributed by atoms with Gasteiger partial charge in [-0.25, -0.2) is 13.6 Å². The number of primary sulfonamides is 1. The van der Waals surface area contributed by atoms with Gasteiger partial charge < -0.3 is 9.30 Å². The minimum Gasteiger partial charge on any atom is -0.468 e. The fourth-order valence-corrected chi connectivity index (χ4v) is 4.36. The summed E-state index contributed by atoms with van der Waals surface area (Å²) in [7, 11) is -2.73. The first kappa shape index (κ1) is 23.0. The monoisotopic (exact) mass is 476 g/mol. The zero-order valence-corrected chi connectivity index (χ0v) is 18.1. The van der Waals surface area contributed by atoms with Gasteiger partial charge in [0, 0.05) is 18.2 Å². The number of carbonyl (C=O) groups is 2. The van der Waals surface area contributed by atoms with Crippen molar-refractivity contribution in [3.63, 3.8) is 0 Å². The summed E-state index contributed by atoms with van der Waals surface area (Å²) in [6, 6.07) is 9.66. The average molecular weight is 476 g/mol. The Bertz CT molecular complexity index is 1420. The van der Waals surface area contributed by atoms with Crippen LogP contribution >= 0.6 is 11.3 Å². The third-order valence-electron chi connectivity index (χ3n) is 4.23. The summed E-state index contributed by atoms with van der Waals surface area (Å²) >= 11 is 1.00. The number of nitro benzene ring substituents is 1. The summed E-state index contributed by atoms with van der Waals surface area (Å²) in [5.74, 6) is -1.24. The van der Waals surface area contributed by atoms with Gasteiger partial charge in [-0.1, -0.05) is 11.3 Å². The third-order valence-corrected chi connectivity index (χ3v) is 6.18. The number of nitro groups is 1. The molecule has 2 aromatic carbocycles. The highest BCUT2D eigenvalue weighted by Crippen LogP contribution is 2.21. The largest absolute Gasteiger partial charge is 0.468 e. The van der Waals surface area contributed by atoms with Crippen LogP contribution in [0.1, 0.15) is 5.56 Å². The van der Waals surface area contributed by atoms with Crippen molar-refractivity contribution in [2.45, 2.75) is 11.4 Å². The summed E-state index contributed by atoms with van der Waals surface area (Å²) in [5, 5.41) is 15.9. The van der Waals surface area contributed by atoms with Crippen molar-refractivity contribution < 1.29 is 27.7 Å². The van der Waals surface area contributed by atoms with Gasteiger partial charge in [0.1, 0.15) is 6.54 Å². The second-order valence-electron chi connectivity index (χ2n) is 6.35. The van der Waals surface area contributed by atoms with Gasteiger partial charge in [0.15, 0.2) is 4.80 Å². The highest BCUT2D eigenvalue weighted by atomic mass is 32.2. The van der Waals surface area contributed by atoms with E-state index in [2.05, 4.69) is 9.73 Å². The minimum atomic E-state index is -3.94. The number of nitrogens with two attached hydrogens (primary N) is 1. The Morgan fingerprint density at radius 3 is 2.53 bits per heavy atom. The second-order valence-corrected chi connectivity index (χ2v) is 8.92. The van der Waals surface area contributed by atoms with Crippen LogP contribution < -0.4 is 9.94 Å². The molecule has 13 heteroatoms. The predicted molar refractivity (Wildman–Crippen MR) is 116 cm³/mol. The molecular formula is C19H16N4O7S2. The average Bonchev–Trinajstić information content (AvgIpc) is 3.07. The number of carbonyl (C=O) groups excluding carboxylic acids is 2. The molecule has 166 valence electrons. The van der Waals surface area contributed by atoms with E-state index >= 15 is 0 Å². The number of thiazole rings is 1. The number of esters is 1. The van der Waals surface area contributed by atoms with E-state index in [-0.39, 0.29) is 21.9 Å². The van der Waals surface area contributed by atoms with E-state index in [4.69, 9.17) is 5.14 Å². The normalized spacial score (nSPS) is 12.4. The van der Waals surface area contributed by atoms with E-state index < -0.39 is 26.8 Å². The summed E-state index contributed by atoms with van der Waals surface area (Å²) in [6.07, 6.45) is 2.61. The van der Waals surface area contributed by atoms with Crippen LogP contribution in [0.15, 0.2) is 58.4 Å². The lowest BCUT2D eigenvalue weighted by atomic mass is 10.2. The molecule has 0 unspecified atom stereocenters. The van der Waals surface area contributed by atoms with Crippen molar-refractivity contribution in [2.75, 3.05) is 7.11 Å². The molecular weight excluding hydrogens is 460 g/mol. The molecule has 0 aliphatic carbocycles. The molecule has 1 aromatic heterocycles. The fraction of sp³-hybridized carbons (Fsp3) is 0.105. The maximum absolute atomic E-state index is 12.4. The fourth-order valence-electron chi connectivity index (χ4n) is 2.67. The first-order valence-corrected chi connectivity index (χ1v) is 11.2. The molecule has 3 aromatic rings. The number of nitrogens with zero attached hydrogens (tertiary/aromatic N) is 3. The molecule has 0 atom stereocenters. The SMILES string of the molecule is COC(=O)Cn1c(=NC(=O)C=Cc2ccc([N+](=O)[O-])cc2)sc2cc(S(N)(=O)=O)ccc21. The van der Waals surface area contributed by atoms with Gasteiger partial charge in [-0.2, -0.15) is 4.99 Å². The lowest BCUT2D eigenvalue weighted by Gasteiger charge is -2.04. The van der Waals surface area contributed by atoms with Gasteiger partial charge in [0.2, 0.25) is 10.0 Å². The Morgan fingerprint density at radius 1 is 1.25 bits per heavy atom. The maximum Gasteiger partial charge on any atom is 0.325 e. The van der Waals surface area contributed by atoms with Gasteiger partial charge in [0.25, 0.3) is 11.6 Å². The number of amides is 1. The van der Waals surface area contributed by atoms with Crippen LogP contribution in [0.5, 0.6) is 0 Å². The third kappa shape index (κ3) is 5.32. The Hall–Kier alpha value is -3.68. The van der Waals surface area contributed by atoms with Crippen molar-refractivity contribution in [3.05, 3.63) is 69.0 Å². The number of non-ortho nitro benzene ring substituents is 1. The van der Waals surface area contributed by atoms with E-state index in [1.54, 1.807) is 0 Å². The van der Waals surface area contributed by atoms with Gasteiger partial charge >= 0.3 is 5.97 Å². The Balaban J connectivity index is 2.00. The van der Waals surface area contributed by atoms with Crippen molar-refractivity contribution in [1.82, 2.24) is 4.57 Å². The molecule has 3 rings (SSSR count). The topological polar surface area (TPSA) is 164 Å². The molecule has 0 radical (unpaired) electrons. The molecule has 2 N–H and O–H groups in total. The quantitative estimate of drug-likeness (QED) is 0.244. The second kappa shape index (κ2) is 9.21. The minimum absolute atomic E-state index is 0.0776. The molecule has 0 saturated carbocycles. The standard InChI is InChI=1S/C19H16N4O7S2/c1-30-18(25)11-22-15-8-7-14(32(20,28)29)10-16(15)31-19(22)21-17(24)9-4-12-2-5-13(6-3-12)23(26)27/h2-10H,11H2,1H3,(H2,20,28,29). The van der Waals surface area contributed by atoms with Crippen molar-refractivity contribution in [2.24, 2.45) is 10.1 Å². The number of ether oxygens (including phenoxy) is 1. The van der Waals surface area contributed by atoms with Crippen LogP contribution in [0.3, 0.4) is 0 Å². The summed E-state index contributed by atoms with van der Waals surface area (Å²) in [6.45, 7) is -0.247. The van der Waals surface area contributed by atoms with Crippen LogP contribution in [-0.2, 0) is 30.9 Å². The van der Waals surface area contributed by atoms with E-state index in [1.165, 1.54) is 66.3 Å². The molecule has 0 saturated heterocycles. The van der Waals surface area contributed by atoms with Crippen molar-refractivity contribution in [3.8, 4) is 0 Å². The number of aromatic nitrogens is 1. The molecule has 32 heavy (non-hydrogen) atoms. The Labute approximate surface area is 185 Å². The number of hydrogen-bond donors (Lipinski definition) is 1. The van der Waals surface area contributed by atoms with Gasteiger partial charge in [0.05, 0.1) is 27.1 Å². The maximum atomic E-state index is 12.4. The van der Waals surface area contributed by atoms with Gasteiger partial charge in [-0.3, -0.25) is 19.7 Å². The lowest BCUT2D eigenvalue weighted by molar-refractivity contribution is -0.384. The van der Waals surface area contributed by atoms with E-state index in [0.717, 1.165) is 11.3 Å². The predicted octanol–water partition coefficient (Wildman–Crippen LogP) is 1.57. The van der Waals surface area contributed by atoms with E-state index in [0.29, 0.717) is 15.8 Å². The van der Waals surface area contributed by atoms with Crippen LogP contribution in [0.4, 0.5) is 5.69 Å². The first-order chi connectivity index (χ1) is 15.1. The lowest BCUT2D eigenvalue weighted by Crippen LogP contribution is -2.22. The van der Waals surface area contributed by atoms with Gasteiger partial charge in [-0.15, -0.1) is 0 Å². The zero-order chi connectivity index (χ0) is 23.5. The smallest absolute Gasteiger partial charge is 0.325 e. The summed E-state index contributed by atoms with van der Waals surface area (Å²) < 4.78 is 29.8. The van der Waals surface area contributed by atoms with Crippen LogP contribution in [-0.4, -0.2) is 36.9 Å². The molecule has 0 aliphatic heterocycles. The zero-order valence-electron chi connectivity index (χ0n) is 16.5. The van der Waals surface area contributed by atoms with Crippen molar-refractivity contribution in [1.29, 1.82) is 0 Å². The number of sulfonamides is 1. The highest BCUT2D eigenvalue weighted by molar-refractivity contribution is 7.89. The summed E-state index contributed by atoms with van der Waals surface area (Å²) in [4.78, 5) is 38.4. The number of fused-ring (bicyclic) bond motifs is 1. The number of methoxy groups -OCH3 is 1. The van der Waals surface area contributed by atoms with Gasteiger partial charge in [-0.05, 0) is 42.0 Å². The number of hydrogen-bond acceptors (Lipinski definition) is 8. The molecule has 0 fully saturated rings. The molecule has 0 aliphatic rings. The summed E-state index contributed by atoms with van der Waals surface area (Å²) in [5.41, 5.74) is 0.945. The van der Waals surface area contributed by atoms with Crippen LogP contribution in [0, 0.1) is 10.1 Å². The molecule has 0 bridgehead atoms. The van der Waals surface area contributed by atoms with E-state index in [9.17, 15) is 28.1 Å². The highest BCUT2D eigenvalue weighted by Gasteiger charge is 2.15.